The SMILES string of the molecule is CCn1c(-c2ccc(Br)c(F)c2)nnc1S(N)(=O)=O. The van der Waals surface area contributed by atoms with Gasteiger partial charge in [0, 0.05) is 12.1 Å². The highest BCUT2D eigenvalue weighted by Gasteiger charge is 2.21. The van der Waals surface area contributed by atoms with Crippen molar-refractivity contribution < 1.29 is 12.8 Å². The molecule has 0 unspecified atom stereocenters. The molecule has 0 saturated carbocycles. The van der Waals surface area contributed by atoms with Crippen molar-refractivity contribution in [3.63, 3.8) is 0 Å². The first-order chi connectivity index (χ1) is 8.84. The van der Waals surface area contributed by atoms with Gasteiger partial charge in [-0.05, 0) is 41.1 Å². The molecule has 9 heteroatoms. The molecule has 0 fully saturated rings. The molecular weight excluding hydrogens is 339 g/mol. The summed E-state index contributed by atoms with van der Waals surface area (Å²) in [6.45, 7) is 2.02. The summed E-state index contributed by atoms with van der Waals surface area (Å²) in [5, 5.41) is 12.0. The van der Waals surface area contributed by atoms with Crippen LogP contribution < -0.4 is 5.14 Å². The average molecular weight is 349 g/mol. The molecule has 0 saturated heterocycles. The van der Waals surface area contributed by atoms with Crippen LogP contribution in [0, 0.1) is 5.82 Å². The average Bonchev–Trinajstić information content (AvgIpc) is 2.76. The number of rotatable bonds is 3. The van der Waals surface area contributed by atoms with Crippen molar-refractivity contribution in [1.82, 2.24) is 14.8 Å². The third kappa shape index (κ3) is 2.67. The van der Waals surface area contributed by atoms with Crippen molar-refractivity contribution in [3.8, 4) is 11.4 Å². The maximum absolute atomic E-state index is 13.5. The molecule has 2 rings (SSSR count). The number of primary sulfonamides is 1. The van der Waals surface area contributed by atoms with Gasteiger partial charge >= 0.3 is 0 Å². The van der Waals surface area contributed by atoms with Crippen molar-refractivity contribution in [2.24, 2.45) is 5.14 Å². The number of nitrogens with zero attached hydrogens (tertiary/aromatic N) is 3. The minimum absolute atomic E-state index is 0.248. The largest absolute Gasteiger partial charge is 0.297 e. The standard InChI is InChI=1S/C10H10BrFN4O2S/c1-2-16-9(14-15-10(16)19(13,17)18)6-3-4-7(11)8(12)5-6/h3-5H,2H2,1H3,(H2,13,17,18). The van der Waals surface area contributed by atoms with Crippen LogP contribution in [-0.2, 0) is 16.6 Å². The van der Waals surface area contributed by atoms with E-state index < -0.39 is 15.8 Å². The van der Waals surface area contributed by atoms with E-state index in [0.717, 1.165) is 0 Å². The molecule has 0 aliphatic rings. The lowest BCUT2D eigenvalue weighted by Gasteiger charge is -2.06. The Morgan fingerprint density at radius 3 is 2.63 bits per heavy atom. The first-order valence-corrected chi connectivity index (χ1v) is 7.60. The lowest BCUT2D eigenvalue weighted by molar-refractivity contribution is 0.570. The van der Waals surface area contributed by atoms with Gasteiger partial charge in [-0.3, -0.25) is 4.57 Å². The molecule has 0 aliphatic carbocycles. The van der Waals surface area contributed by atoms with Crippen LogP contribution in [0.15, 0.2) is 27.8 Å². The highest BCUT2D eigenvalue weighted by Crippen LogP contribution is 2.24. The van der Waals surface area contributed by atoms with Crippen LogP contribution in [0.3, 0.4) is 0 Å². The van der Waals surface area contributed by atoms with Crippen molar-refractivity contribution in [3.05, 3.63) is 28.5 Å². The zero-order valence-electron chi connectivity index (χ0n) is 9.84. The molecule has 1 heterocycles. The lowest BCUT2D eigenvalue weighted by atomic mass is 10.2. The van der Waals surface area contributed by atoms with E-state index >= 15 is 0 Å². The van der Waals surface area contributed by atoms with E-state index in [1.54, 1.807) is 13.0 Å². The summed E-state index contributed by atoms with van der Waals surface area (Å²) in [5.41, 5.74) is 0.421. The maximum Gasteiger partial charge on any atom is 0.273 e. The van der Waals surface area contributed by atoms with Crippen LogP contribution in [0.4, 0.5) is 4.39 Å². The van der Waals surface area contributed by atoms with Crippen LogP contribution in [-0.4, -0.2) is 23.2 Å². The zero-order chi connectivity index (χ0) is 14.2. The van der Waals surface area contributed by atoms with Gasteiger partial charge in [0.15, 0.2) is 5.82 Å². The van der Waals surface area contributed by atoms with Crippen LogP contribution >= 0.6 is 15.9 Å². The highest BCUT2D eigenvalue weighted by molar-refractivity contribution is 9.10. The van der Waals surface area contributed by atoms with Crippen LogP contribution in [0.5, 0.6) is 0 Å². The Labute approximate surface area is 117 Å². The van der Waals surface area contributed by atoms with Crippen molar-refractivity contribution >= 4 is 26.0 Å². The highest BCUT2D eigenvalue weighted by atomic mass is 79.9. The van der Waals surface area contributed by atoms with Crippen LogP contribution in [0.1, 0.15) is 6.92 Å². The maximum atomic E-state index is 13.5. The number of benzene rings is 1. The summed E-state index contributed by atoms with van der Waals surface area (Å²) in [7, 11) is -3.96. The van der Waals surface area contributed by atoms with Gasteiger partial charge in [0.25, 0.3) is 15.2 Å². The van der Waals surface area contributed by atoms with E-state index in [0.29, 0.717) is 16.6 Å². The minimum atomic E-state index is -3.96. The molecule has 1 aromatic heterocycles. The second-order valence-corrected chi connectivity index (χ2v) is 6.03. The predicted octanol–water partition coefficient (Wildman–Crippen LogP) is 1.51. The normalized spacial score (nSPS) is 11.8. The number of aromatic nitrogens is 3. The van der Waals surface area contributed by atoms with Gasteiger partial charge in [-0.25, -0.2) is 17.9 Å². The molecule has 0 spiro atoms. The van der Waals surface area contributed by atoms with Crippen molar-refractivity contribution in [1.29, 1.82) is 0 Å². The zero-order valence-corrected chi connectivity index (χ0v) is 12.2. The quantitative estimate of drug-likeness (QED) is 0.910. The Hall–Kier alpha value is -1.32. The fourth-order valence-electron chi connectivity index (χ4n) is 1.63. The van der Waals surface area contributed by atoms with Gasteiger partial charge in [0.2, 0.25) is 0 Å². The smallest absolute Gasteiger partial charge is 0.273 e. The van der Waals surface area contributed by atoms with Gasteiger partial charge in [0.1, 0.15) is 5.82 Å². The Bertz CT molecular complexity index is 729. The lowest BCUT2D eigenvalue weighted by Crippen LogP contribution is -2.18. The summed E-state index contributed by atoms with van der Waals surface area (Å²) in [4.78, 5) is 0. The Kier molecular flexibility index (Phi) is 3.70. The third-order valence-electron chi connectivity index (χ3n) is 2.47. The fraction of sp³-hybridized carbons (Fsp3) is 0.200. The Morgan fingerprint density at radius 2 is 2.11 bits per heavy atom. The van der Waals surface area contributed by atoms with E-state index in [2.05, 4.69) is 26.1 Å². The number of sulfonamides is 1. The van der Waals surface area contributed by atoms with Gasteiger partial charge < -0.3 is 0 Å². The Balaban J connectivity index is 2.63. The molecule has 2 aromatic rings. The first-order valence-electron chi connectivity index (χ1n) is 5.26. The summed E-state index contributed by atoms with van der Waals surface area (Å²) in [6.07, 6.45) is 0. The molecule has 102 valence electrons. The molecule has 6 nitrogen and oxygen atoms in total. The van der Waals surface area contributed by atoms with Crippen LogP contribution in [0.2, 0.25) is 0 Å². The molecule has 0 radical (unpaired) electrons. The second kappa shape index (κ2) is 4.99. The summed E-state index contributed by atoms with van der Waals surface area (Å²) in [6, 6.07) is 4.36. The van der Waals surface area contributed by atoms with Gasteiger partial charge in [0.05, 0.1) is 4.47 Å². The minimum Gasteiger partial charge on any atom is -0.297 e. The van der Waals surface area contributed by atoms with Crippen molar-refractivity contribution in [2.75, 3.05) is 0 Å². The fourth-order valence-corrected chi connectivity index (χ4v) is 2.56. The molecule has 19 heavy (non-hydrogen) atoms. The molecule has 0 bridgehead atoms. The van der Waals surface area contributed by atoms with Crippen LogP contribution in [0.25, 0.3) is 11.4 Å². The molecule has 0 aliphatic heterocycles. The number of hydrogen-bond donors (Lipinski definition) is 1. The molecular formula is C10H10BrFN4O2S. The molecule has 0 atom stereocenters. The van der Waals surface area contributed by atoms with E-state index in [9.17, 15) is 12.8 Å². The van der Waals surface area contributed by atoms with Gasteiger partial charge in [-0.1, -0.05) is 0 Å². The van der Waals surface area contributed by atoms with Gasteiger partial charge in [-0.15, -0.1) is 10.2 Å². The number of halogens is 2. The second-order valence-electron chi connectivity index (χ2n) is 3.72. The Morgan fingerprint density at radius 1 is 1.42 bits per heavy atom. The number of nitrogens with two attached hydrogens (primary N) is 1. The van der Waals surface area contributed by atoms with E-state index in [-0.39, 0.29) is 11.0 Å². The van der Waals surface area contributed by atoms with E-state index in [1.807, 2.05) is 0 Å². The topological polar surface area (TPSA) is 90.9 Å². The third-order valence-corrected chi connectivity index (χ3v) is 3.92. The molecule has 1 aromatic carbocycles. The first kappa shape index (κ1) is 14.1. The monoisotopic (exact) mass is 348 g/mol. The summed E-state index contributed by atoms with van der Waals surface area (Å²) >= 11 is 3.04. The van der Waals surface area contributed by atoms with Gasteiger partial charge in [-0.2, -0.15) is 0 Å². The summed E-state index contributed by atoms with van der Waals surface area (Å²) < 4.78 is 37.8. The molecule has 2 N–H and O–H groups in total. The van der Waals surface area contributed by atoms with Crippen molar-refractivity contribution in [2.45, 2.75) is 18.6 Å². The summed E-state index contributed by atoms with van der Waals surface area (Å²) in [5.74, 6) is -0.224. The number of hydrogen-bond acceptors (Lipinski definition) is 4. The van der Waals surface area contributed by atoms with E-state index in [4.69, 9.17) is 5.14 Å². The predicted molar refractivity (Wildman–Crippen MR) is 70.2 cm³/mol. The molecule has 0 amide bonds. The van der Waals surface area contributed by atoms with E-state index in [1.165, 1.54) is 16.7 Å².